The lowest BCUT2D eigenvalue weighted by Gasteiger charge is -2.36. The average Bonchev–Trinajstić information content (AvgIpc) is 3.35. The zero-order chi connectivity index (χ0) is 21.9. The molecule has 0 bridgehead atoms. The third-order valence-corrected chi connectivity index (χ3v) is 6.30. The summed E-state index contributed by atoms with van der Waals surface area (Å²) < 4.78 is 39.6. The van der Waals surface area contributed by atoms with Crippen LogP contribution in [0.3, 0.4) is 0 Å². The van der Waals surface area contributed by atoms with E-state index >= 15 is 0 Å². The summed E-state index contributed by atoms with van der Waals surface area (Å²) in [6.45, 7) is 5.10. The number of pyridine rings is 1. The van der Waals surface area contributed by atoms with Crippen molar-refractivity contribution < 1.29 is 18.0 Å². The Balaban J connectivity index is 1.22. The summed E-state index contributed by atoms with van der Waals surface area (Å²) in [6, 6.07) is -0.0390. The number of rotatable bonds is 3. The lowest BCUT2D eigenvalue weighted by Crippen LogP contribution is -2.45. The largest absolute Gasteiger partial charge is 0.419 e. The molecule has 0 aromatic carbocycles. The number of halogens is 3. The van der Waals surface area contributed by atoms with Crippen LogP contribution in [0.15, 0.2) is 18.7 Å². The van der Waals surface area contributed by atoms with Gasteiger partial charge in [-0.05, 0) is 37.8 Å². The summed E-state index contributed by atoms with van der Waals surface area (Å²) in [6.07, 6.45) is -0.239. The van der Waals surface area contributed by atoms with Gasteiger partial charge in [-0.25, -0.2) is 19.5 Å². The molecule has 11 heteroatoms. The second-order valence-electron chi connectivity index (χ2n) is 8.16. The predicted octanol–water partition coefficient (Wildman–Crippen LogP) is 2.89. The van der Waals surface area contributed by atoms with E-state index in [1.807, 2.05) is 23.3 Å². The van der Waals surface area contributed by atoms with E-state index in [1.165, 1.54) is 6.33 Å². The fraction of sp³-hybridized carbons (Fsp3) is 0.450. The molecule has 0 unspecified atom stereocenters. The topological polar surface area (TPSA) is 88.3 Å². The molecule has 1 aliphatic carbocycles. The second-order valence-corrected chi connectivity index (χ2v) is 8.16. The Kier molecular flexibility index (Phi) is 4.38. The minimum absolute atomic E-state index is 0.0390. The number of carbonyl (C=O) groups is 1. The van der Waals surface area contributed by atoms with Crippen molar-refractivity contribution in [1.82, 2.24) is 29.5 Å². The Bertz CT molecular complexity index is 1170. The van der Waals surface area contributed by atoms with Crippen molar-refractivity contribution in [3.63, 3.8) is 0 Å². The molecule has 4 heterocycles. The smallest absolute Gasteiger partial charge is 0.351 e. The molecule has 31 heavy (non-hydrogen) atoms. The van der Waals surface area contributed by atoms with E-state index in [-0.39, 0.29) is 23.8 Å². The number of aromatic nitrogens is 5. The maximum Gasteiger partial charge on any atom is 0.419 e. The molecule has 2 aliphatic rings. The highest BCUT2D eigenvalue weighted by molar-refractivity contribution is 5.81. The Hall–Kier alpha value is -3.24. The molecule has 0 atom stereocenters. The molecular weight excluding hydrogens is 411 g/mol. The maximum absolute atomic E-state index is 13.0. The first-order valence-corrected chi connectivity index (χ1v) is 9.97. The summed E-state index contributed by atoms with van der Waals surface area (Å²) in [5.41, 5.74) is 4.22. The van der Waals surface area contributed by atoms with Crippen molar-refractivity contribution >= 4 is 17.5 Å². The van der Waals surface area contributed by atoms with Gasteiger partial charge in [0.05, 0.1) is 12.1 Å². The van der Waals surface area contributed by atoms with Crippen LogP contribution in [0.25, 0.3) is 5.65 Å². The lowest BCUT2D eigenvalue weighted by molar-refractivity contribution is -0.139. The number of hydrogen-bond donors (Lipinski definition) is 1. The summed E-state index contributed by atoms with van der Waals surface area (Å²) >= 11 is 0. The van der Waals surface area contributed by atoms with Crippen LogP contribution in [0.2, 0.25) is 0 Å². The van der Waals surface area contributed by atoms with Gasteiger partial charge in [-0.1, -0.05) is 0 Å². The molecule has 1 fully saturated rings. The summed E-state index contributed by atoms with van der Waals surface area (Å²) in [7, 11) is 0. The molecule has 3 aromatic rings. The zero-order valence-corrected chi connectivity index (χ0v) is 16.9. The number of anilines is 1. The zero-order valence-electron chi connectivity index (χ0n) is 16.9. The van der Waals surface area contributed by atoms with E-state index < -0.39 is 11.7 Å². The van der Waals surface area contributed by atoms with E-state index in [9.17, 15) is 18.0 Å². The maximum atomic E-state index is 13.0. The van der Waals surface area contributed by atoms with Crippen LogP contribution in [0.1, 0.15) is 40.8 Å². The minimum atomic E-state index is -4.46. The van der Waals surface area contributed by atoms with Crippen LogP contribution < -0.4 is 5.32 Å². The van der Waals surface area contributed by atoms with Gasteiger partial charge in [-0.2, -0.15) is 18.3 Å². The summed E-state index contributed by atoms with van der Waals surface area (Å²) in [5.74, 6) is 0.0895. The Morgan fingerprint density at radius 1 is 1.10 bits per heavy atom. The minimum Gasteiger partial charge on any atom is -0.351 e. The molecule has 0 saturated heterocycles. The Morgan fingerprint density at radius 3 is 2.45 bits per heavy atom. The molecule has 8 nitrogen and oxygen atoms in total. The highest BCUT2D eigenvalue weighted by Crippen LogP contribution is 2.36. The van der Waals surface area contributed by atoms with Crippen LogP contribution in [0.5, 0.6) is 0 Å². The van der Waals surface area contributed by atoms with Gasteiger partial charge in [0.15, 0.2) is 5.65 Å². The van der Waals surface area contributed by atoms with Gasteiger partial charge in [0.1, 0.15) is 6.33 Å². The van der Waals surface area contributed by atoms with Crippen molar-refractivity contribution in [3.05, 3.63) is 46.7 Å². The molecule has 1 amide bonds. The molecule has 1 N–H and O–H groups in total. The van der Waals surface area contributed by atoms with Gasteiger partial charge >= 0.3 is 6.18 Å². The molecule has 3 aromatic heterocycles. The average molecular weight is 431 g/mol. The van der Waals surface area contributed by atoms with Crippen molar-refractivity contribution in [2.24, 2.45) is 5.92 Å². The van der Waals surface area contributed by atoms with Gasteiger partial charge in [0.2, 0.25) is 11.9 Å². The number of aryl methyl sites for hydroxylation is 1. The van der Waals surface area contributed by atoms with Crippen LogP contribution in [-0.4, -0.2) is 41.4 Å². The highest BCUT2D eigenvalue weighted by Gasteiger charge is 2.40. The predicted molar refractivity (Wildman–Crippen MR) is 104 cm³/mol. The molecule has 0 radical (unpaired) electrons. The molecule has 162 valence electrons. The second kappa shape index (κ2) is 6.89. The Morgan fingerprint density at radius 2 is 1.77 bits per heavy atom. The van der Waals surface area contributed by atoms with Crippen molar-refractivity contribution in [1.29, 1.82) is 0 Å². The lowest BCUT2D eigenvalue weighted by atomic mass is 9.79. The van der Waals surface area contributed by atoms with E-state index in [1.54, 1.807) is 0 Å². The van der Waals surface area contributed by atoms with Crippen molar-refractivity contribution in [2.45, 2.75) is 52.0 Å². The quantitative estimate of drug-likeness (QED) is 0.686. The van der Waals surface area contributed by atoms with Gasteiger partial charge in [0.25, 0.3) is 0 Å². The molecule has 5 rings (SSSR count). The SMILES string of the molecule is Cc1c2c(c3ncnn3c1C)CN(C(=O)C1CC(Nc3ncc(C(F)(F)F)cn3)C1)C2. The van der Waals surface area contributed by atoms with Gasteiger partial charge in [0, 0.05) is 42.2 Å². The monoisotopic (exact) mass is 431 g/mol. The fourth-order valence-electron chi connectivity index (χ4n) is 4.33. The first-order valence-electron chi connectivity index (χ1n) is 9.97. The van der Waals surface area contributed by atoms with Crippen molar-refractivity contribution in [2.75, 3.05) is 5.32 Å². The number of carbonyl (C=O) groups excluding carboxylic acids is 1. The van der Waals surface area contributed by atoms with Gasteiger partial charge in [-0.15, -0.1) is 0 Å². The number of nitrogens with one attached hydrogen (secondary N) is 1. The van der Waals surface area contributed by atoms with Crippen LogP contribution in [0.4, 0.5) is 19.1 Å². The third-order valence-electron chi connectivity index (χ3n) is 6.30. The third kappa shape index (κ3) is 3.28. The fourth-order valence-corrected chi connectivity index (χ4v) is 4.33. The molecule has 1 aliphatic heterocycles. The van der Waals surface area contributed by atoms with Crippen LogP contribution in [0, 0.1) is 19.8 Å². The Labute approximate surface area is 175 Å². The van der Waals surface area contributed by atoms with Crippen LogP contribution >= 0.6 is 0 Å². The van der Waals surface area contributed by atoms with Crippen LogP contribution in [-0.2, 0) is 24.1 Å². The van der Waals surface area contributed by atoms with Gasteiger partial charge in [-0.3, -0.25) is 4.79 Å². The number of hydrogen-bond acceptors (Lipinski definition) is 6. The summed E-state index contributed by atoms with van der Waals surface area (Å²) in [4.78, 5) is 26.7. The molecule has 0 spiro atoms. The number of nitrogens with zero attached hydrogens (tertiary/aromatic N) is 6. The van der Waals surface area contributed by atoms with Crippen molar-refractivity contribution in [3.8, 4) is 0 Å². The molecular formula is C20H20F3N7O. The highest BCUT2D eigenvalue weighted by atomic mass is 19.4. The number of amides is 1. The molecule has 1 saturated carbocycles. The summed E-state index contributed by atoms with van der Waals surface area (Å²) in [5, 5.41) is 7.28. The first kappa shape index (κ1) is 19.7. The number of alkyl halides is 3. The van der Waals surface area contributed by atoms with E-state index in [4.69, 9.17) is 0 Å². The van der Waals surface area contributed by atoms with E-state index in [2.05, 4.69) is 25.4 Å². The first-order chi connectivity index (χ1) is 14.7. The standard InChI is InChI=1S/C20H20F3N7O/c1-10-11(2)30-17(26-9-27-30)16-8-29(7-15(10)16)18(31)12-3-14(4-12)28-19-24-5-13(6-25-19)20(21,22)23/h5-6,9,12,14H,3-4,7-8H2,1-2H3,(H,24,25,28). The van der Waals surface area contributed by atoms with Gasteiger partial charge < -0.3 is 10.2 Å². The normalized spacial score (nSPS) is 20.6. The van der Waals surface area contributed by atoms with E-state index in [0.29, 0.717) is 25.9 Å². The van der Waals surface area contributed by atoms with E-state index in [0.717, 1.165) is 40.4 Å². The number of fused-ring (bicyclic) bond motifs is 3.